The summed E-state index contributed by atoms with van der Waals surface area (Å²) < 4.78 is 13.2. The lowest BCUT2D eigenvalue weighted by Crippen LogP contribution is -2.41. The number of halogens is 1. The fraction of sp³-hybridized carbons (Fsp3) is 0.625. The van der Waals surface area contributed by atoms with E-state index in [0.29, 0.717) is 18.0 Å². The quantitative estimate of drug-likeness (QED) is 0.878. The molecule has 3 rings (SSSR count). The zero-order valence-electron chi connectivity index (χ0n) is 11.2. The molecule has 1 aromatic rings. The molecule has 0 saturated heterocycles. The Kier molecular flexibility index (Phi) is 3.85. The normalized spacial score (nSPS) is 30.3. The number of nitrogens with one attached hydrogen (secondary N) is 1. The zero-order valence-corrected chi connectivity index (χ0v) is 11.2. The summed E-state index contributed by atoms with van der Waals surface area (Å²) in [6.07, 6.45) is 6.76. The second-order valence-corrected chi connectivity index (χ2v) is 5.93. The summed E-state index contributed by atoms with van der Waals surface area (Å²) in [7, 11) is 0. The predicted octanol–water partition coefficient (Wildman–Crippen LogP) is 2.95. The average molecular weight is 263 g/mol. The van der Waals surface area contributed by atoms with Crippen LogP contribution < -0.4 is 5.32 Å². The minimum Gasteiger partial charge on any atom is -0.396 e. The van der Waals surface area contributed by atoms with Gasteiger partial charge in [0.1, 0.15) is 5.82 Å². The van der Waals surface area contributed by atoms with E-state index in [1.165, 1.54) is 18.4 Å². The fourth-order valence-electron chi connectivity index (χ4n) is 3.66. The minimum atomic E-state index is -0.134. The lowest BCUT2D eigenvalue weighted by molar-refractivity contribution is 0.145. The fourth-order valence-corrected chi connectivity index (χ4v) is 3.66. The summed E-state index contributed by atoms with van der Waals surface area (Å²) in [5, 5.41) is 13.2. The van der Waals surface area contributed by atoms with Gasteiger partial charge >= 0.3 is 0 Å². The molecule has 0 spiro atoms. The van der Waals surface area contributed by atoms with Gasteiger partial charge in [-0.2, -0.15) is 0 Å². The molecule has 2 nitrogen and oxygen atoms in total. The SMILES string of the molecule is OCC1CCCCC1NC1CCc2cc(F)ccc21. The standard InChI is InChI=1S/C16H22FNO/c17-13-6-7-14-11(9-13)5-8-16(14)18-15-4-2-1-3-12(15)10-19/h6-7,9,12,15-16,18-19H,1-5,8,10H2. The van der Waals surface area contributed by atoms with Gasteiger partial charge in [0.15, 0.2) is 0 Å². The molecule has 0 radical (unpaired) electrons. The van der Waals surface area contributed by atoms with E-state index in [-0.39, 0.29) is 12.4 Å². The highest BCUT2D eigenvalue weighted by Crippen LogP contribution is 2.34. The van der Waals surface area contributed by atoms with Crippen molar-refractivity contribution < 1.29 is 9.50 Å². The summed E-state index contributed by atoms with van der Waals surface area (Å²) >= 11 is 0. The van der Waals surface area contributed by atoms with Crippen LogP contribution in [0, 0.1) is 11.7 Å². The van der Waals surface area contributed by atoms with Crippen molar-refractivity contribution in [3.05, 3.63) is 35.1 Å². The van der Waals surface area contributed by atoms with Gasteiger partial charge in [-0.05, 0) is 54.9 Å². The molecule has 0 bridgehead atoms. The van der Waals surface area contributed by atoms with Gasteiger partial charge in [0, 0.05) is 18.7 Å². The summed E-state index contributed by atoms with van der Waals surface area (Å²) in [5.41, 5.74) is 2.40. The van der Waals surface area contributed by atoms with Gasteiger partial charge in [0.05, 0.1) is 0 Å². The monoisotopic (exact) mass is 263 g/mol. The molecule has 3 atom stereocenters. The van der Waals surface area contributed by atoms with E-state index in [0.717, 1.165) is 31.2 Å². The third-order valence-electron chi connectivity index (χ3n) is 4.74. The first-order chi connectivity index (χ1) is 9.28. The van der Waals surface area contributed by atoms with Crippen LogP contribution in [-0.4, -0.2) is 17.8 Å². The lowest BCUT2D eigenvalue weighted by Gasteiger charge is -2.33. The number of benzene rings is 1. The second kappa shape index (κ2) is 5.59. The molecule has 3 unspecified atom stereocenters. The largest absolute Gasteiger partial charge is 0.396 e. The number of hydrogen-bond donors (Lipinski definition) is 2. The molecule has 1 fully saturated rings. The molecular formula is C16H22FNO. The van der Waals surface area contributed by atoms with Crippen LogP contribution in [0.1, 0.15) is 49.3 Å². The molecule has 104 valence electrons. The molecule has 3 heteroatoms. The Morgan fingerprint density at radius 2 is 2.05 bits per heavy atom. The van der Waals surface area contributed by atoms with Gasteiger partial charge in [-0.25, -0.2) is 4.39 Å². The van der Waals surface area contributed by atoms with Crippen molar-refractivity contribution in [2.45, 2.75) is 50.6 Å². The number of aliphatic hydroxyl groups excluding tert-OH is 1. The third kappa shape index (κ3) is 2.67. The van der Waals surface area contributed by atoms with E-state index >= 15 is 0 Å². The molecule has 2 N–H and O–H groups in total. The Morgan fingerprint density at radius 3 is 2.89 bits per heavy atom. The van der Waals surface area contributed by atoms with Crippen molar-refractivity contribution in [2.75, 3.05) is 6.61 Å². The molecule has 2 aliphatic rings. The number of rotatable bonds is 3. The first kappa shape index (κ1) is 13.1. The van der Waals surface area contributed by atoms with E-state index in [1.54, 1.807) is 12.1 Å². The number of fused-ring (bicyclic) bond motifs is 1. The Labute approximate surface area is 114 Å². The second-order valence-electron chi connectivity index (χ2n) is 5.93. The zero-order chi connectivity index (χ0) is 13.2. The Morgan fingerprint density at radius 1 is 1.21 bits per heavy atom. The Balaban J connectivity index is 1.71. The van der Waals surface area contributed by atoms with Crippen LogP contribution in [0.4, 0.5) is 4.39 Å². The first-order valence-electron chi connectivity index (χ1n) is 7.43. The highest BCUT2D eigenvalue weighted by Gasteiger charge is 2.30. The van der Waals surface area contributed by atoms with Crippen LogP contribution in [0.5, 0.6) is 0 Å². The van der Waals surface area contributed by atoms with Crippen LogP contribution in [0.2, 0.25) is 0 Å². The molecule has 0 aromatic heterocycles. The van der Waals surface area contributed by atoms with E-state index in [9.17, 15) is 9.50 Å². The number of aryl methyl sites for hydroxylation is 1. The summed E-state index contributed by atoms with van der Waals surface area (Å²) in [5.74, 6) is 0.253. The van der Waals surface area contributed by atoms with E-state index in [2.05, 4.69) is 5.32 Å². The van der Waals surface area contributed by atoms with E-state index in [4.69, 9.17) is 0 Å². The molecule has 1 aromatic carbocycles. The maximum atomic E-state index is 13.2. The Bertz CT molecular complexity index is 448. The van der Waals surface area contributed by atoms with E-state index < -0.39 is 0 Å². The van der Waals surface area contributed by atoms with Gasteiger partial charge in [-0.15, -0.1) is 0 Å². The number of hydrogen-bond acceptors (Lipinski definition) is 2. The molecule has 19 heavy (non-hydrogen) atoms. The van der Waals surface area contributed by atoms with Crippen LogP contribution >= 0.6 is 0 Å². The predicted molar refractivity (Wildman–Crippen MR) is 73.4 cm³/mol. The maximum absolute atomic E-state index is 13.2. The molecule has 0 amide bonds. The van der Waals surface area contributed by atoms with Gasteiger partial charge in [-0.1, -0.05) is 18.9 Å². The van der Waals surface area contributed by atoms with Crippen molar-refractivity contribution in [1.82, 2.24) is 5.32 Å². The smallest absolute Gasteiger partial charge is 0.123 e. The maximum Gasteiger partial charge on any atom is 0.123 e. The molecular weight excluding hydrogens is 241 g/mol. The minimum absolute atomic E-state index is 0.134. The van der Waals surface area contributed by atoms with Gasteiger partial charge in [0.25, 0.3) is 0 Å². The van der Waals surface area contributed by atoms with Crippen molar-refractivity contribution >= 4 is 0 Å². The topological polar surface area (TPSA) is 32.3 Å². The number of aliphatic hydroxyl groups is 1. The first-order valence-corrected chi connectivity index (χ1v) is 7.43. The van der Waals surface area contributed by atoms with Crippen molar-refractivity contribution in [3.63, 3.8) is 0 Å². The summed E-state index contributed by atoms with van der Waals surface area (Å²) in [4.78, 5) is 0. The van der Waals surface area contributed by atoms with Gasteiger partial charge in [0.2, 0.25) is 0 Å². The van der Waals surface area contributed by atoms with Crippen LogP contribution in [0.25, 0.3) is 0 Å². The van der Waals surface area contributed by atoms with Crippen molar-refractivity contribution in [1.29, 1.82) is 0 Å². The summed E-state index contributed by atoms with van der Waals surface area (Å²) in [6, 6.07) is 5.91. The van der Waals surface area contributed by atoms with Crippen molar-refractivity contribution in [2.24, 2.45) is 5.92 Å². The average Bonchev–Trinajstić information content (AvgIpc) is 2.82. The van der Waals surface area contributed by atoms with Gasteiger partial charge < -0.3 is 10.4 Å². The lowest BCUT2D eigenvalue weighted by atomic mass is 9.84. The molecule has 0 aliphatic heterocycles. The van der Waals surface area contributed by atoms with Crippen molar-refractivity contribution in [3.8, 4) is 0 Å². The van der Waals surface area contributed by atoms with Crippen LogP contribution in [0.15, 0.2) is 18.2 Å². The van der Waals surface area contributed by atoms with Crippen LogP contribution in [-0.2, 0) is 6.42 Å². The van der Waals surface area contributed by atoms with Gasteiger partial charge in [-0.3, -0.25) is 0 Å². The molecule has 0 heterocycles. The molecule has 2 aliphatic carbocycles. The Hall–Kier alpha value is -0.930. The van der Waals surface area contributed by atoms with Crippen LogP contribution in [0.3, 0.4) is 0 Å². The van der Waals surface area contributed by atoms with E-state index in [1.807, 2.05) is 6.07 Å². The highest BCUT2D eigenvalue weighted by molar-refractivity contribution is 5.35. The molecule has 1 saturated carbocycles. The third-order valence-corrected chi connectivity index (χ3v) is 4.74. The highest BCUT2D eigenvalue weighted by atomic mass is 19.1. The summed E-state index contributed by atoms with van der Waals surface area (Å²) in [6.45, 7) is 0.278.